The predicted molar refractivity (Wildman–Crippen MR) is 454 cm³/mol. The highest BCUT2D eigenvalue weighted by Crippen LogP contribution is 1.99. The van der Waals surface area contributed by atoms with Crippen molar-refractivity contribution in [3.05, 3.63) is 226 Å². The molecular formula is C79H147N17O6S3. The molecule has 0 fully saturated rings. The van der Waals surface area contributed by atoms with E-state index >= 15 is 0 Å². The first-order valence-electron chi connectivity index (χ1n) is 36.6. The monoisotopic (exact) mass is 1530 g/mol. The summed E-state index contributed by atoms with van der Waals surface area (Å²) in [5.74, 6) is 3.14. The highest BCUT2D eigenvalue weighted by Gasteiger charge is 1.86. The molecule has 0 spiro atoms. The number of nitrogens with zero attached hydrogens (tertiary/aromatic N) is 15. The van der Waals surface area contributed by atoms with Gasteiger partial charge in [0.2, 0.25) is 0 Å². The largest absolute Gasteiger partial charge is 0.452 e. The van der Waals surface area contributed by atoms with E-state index in [2.05, 4.69) is 115 Å². The number of aromatic nitrogens is 16. The topological polar surface area (TPSA) is 303 Å². The van der Waals surface area contributed by atoms with Crippen LogP contribution in [0.15, 0.2) is 190 Å². The molecule has 0 saturated heterocycles. The number of nitrogens with one attached hydrogen (secondary N) is 2. The Hall–Kier alpha value is -9.01. The molecule has 13 heterocycles. The molecule has 602 valence electrons. The van der Waals surface area contributed by atoms with E-state index in [0.29, 0.717) is 5.82 Å². The van der Waals surface area contributed by atoms with Gasteiger partial charge in [-0.15, -0.1) is 5.10 Å². The van der Waals surface area contributed by atoms with Gasteiger partial charge in [0, 0.05) is 88.8 Å². The highest BCUT2D eigenvalue weighted by molar-refractivity contribution is 7.05. The van der Waals surface area contributed by atoms with Crippen molar-refractivity contribution in [3.8, 4) is 0 Å². The number of aliphatic imine (C=N–C) groups is 1. The Labute approximate surface area is 650 Å². The number of allylic oxidation sites excluding steroid dienone is 1. The summed E-state index contributed by atoms with van der Waals surface area (Å²) in [7, 11) is 0. The molecule has 0 amide bonds. The number of rotatable bonds is 0. The number of aromatic amines is 2. The van der Waals surface area contributed by atoms with Gasteiger partial charge in [0.1, 0.15) is 42.4 Å². The molecule has 0 atom stereocenters. The van der Waals surface area contributed by atoms with Crippen LogP contribution in [0.3, 0.4) is 0 Å². The van der Waals surface area contributed by atoms with Gasteiger partial charge in [-0.25, -0.2) is 28.7 Å². The van der Waals surface area contributed by atoms with Gasteiger partial charge in [-0.1, -0.05) is 202 Å². The van der Waals surface area contributed by atoms with E-state index < -0.39 is 0 Å². The van der Waals surface area contributed by atoms with Gasteiger partial charge in [0.25, 0.3) is 0 Å². The Balaban J connectivity index is -0.0000000774. The molecule has 26 heteroatoms. The van der Waals surface area contributed by atoms with Crippen molar-refractivity contribution >= 4 is 40.8 Å². The van der Waals surface area contributed by atoms with Crippen molar-refractivity contribution in [2.75, 3.05) is 6.54 Å². The average molecular weight is 1530 g/mol. The zero-order valence-electron chi connectivity index (χ0n) is 72.6. The fourth-order valence-electron chi connectivity index (χ4n) is 3.88. The lowest BCUT2D eigenvalue weighted by Gasteiger charge is -1.80. The summed E-state index contributed by atoms with van der Waals surface area (Å²) >= 11 is 4.51. The smallest absolute Gasteiger partial charge is 0.190 e. The van der Waals surface area contributed by atoms with Crippen molar-refractivity contribution in [2.45, 2.75) is 270 Å². The lowest BCUT2D eigenvalue weighted by Crippen LogP contribution is -1.85. The number of hydrogen-bond donors (Lipinski definition) is 2. The van der Waals surface area contributed by atoms with Crippen LogP contribution in [-0.4, -0.2) is 91.9 Å². The van der Waals surface area contributed by atoms with Crippen LogP contribution in [-0.2, 0) is 0 Å². The fourth-order valence-corrected chi connectivity index (χ4v) is 5.35. The molecule has 0 saturated carbocycles. The molecule has 13 rings (SSSR count). The molecule has 0 aliphatic carbocycles. The van der Waals surface area contributed by atoms with Gasteiger partial charge in [-0.05, 0) is 153 Å². The van der Waals surface area contributed by atoms with E-state index in [1.165, 1.54) is 63.4 Å². The molecule has 105 heavy (non-hydrogen) atoms. The molecule has 12 aromatic heterocycles. The first-order valence-corrected chi connectivity index (χ1v) is 39.0. The molecule has 1 aliphatic heterocycles. The van der Waals surface area contributed by atoms with E-state index in [1.54, 1.807) is 107 Å². The van der Waals surface area contributed by atoms with E-state index in [4.69, 9.17) is 8.83 Å². The van der Waals surface area contributed by atoms with Crippen LogP contribution in [0.4, 0.5) is 0 Å². The quantitative estimate of drug-likeness (QED) is 0.142. The van der Waals surface area contributed by atoms with Crippen molar-refractivity contribution in [3.63, 3.8) is 0 Å². The minimum atomic E-state index is 0.711. The zero-order valence-corrected chi connectivity index (χ0v) is 75.1. The Morgan fingerprint density at radius 3 is 1.14 bits per heavy atom. The lowest BCUT2D eigenvalue weighted by atomic mass is 10.3. The van der Waals surface area contributed by atoms with Gasteiger partial charge in [-0.3, -0.25) is 15.2 Å². The first kappa shape index (κ1) is 126. The van der Waals surface area contributed by atoms with Crippen LogP contribution in [0, 0.1) is 83.1 Å². The summed E-state index contributed by atoms with van der Waals surface area (Å²) in [6.07, 6.45) is 30.0. The second-order valence-corrected chi connectivity index (χ2v) is 17.7. The maximum Gasteiger partial charge on any atom is 0.190 e. The third-order valence-corrected chi connectivity index (χ3v) is 9.74. The van der Waals surface area contributed by atoms with E-state index in [1.807, 2.05) is 297 Å². The van der Waals surface area contributed by atoms with Crippen LogP contribution in [0.25, 0.3) is 0 Å². The minimum absolute atomic E-state index is 0.711. The van der Waals surface area contributed by atoms with E-state index in [-0.39, 0.29) is 0 Å². The van der Waals surface area contributed by atoms with Crippen LogP contribution < -0.4 is 0 Å². The summed E-state index contributed by atoms with van der Waals surface area (Å²) in [6, 6.07) is 11.4. The average Bonchev–Trinajstić information content (AvgIpc) is 2.82. The third-order valence-electron chi connectivity index (χ3n) is 7.74. The van der Waals surface area contributed by atoms with Crippen molar-refractivity contribution < 1.29 is 26.8 Å². The summed E-state index contributed by atoms with van der Waals surface area (Å²) in [6.45, 7) is 77.9. The summed E-state index contributed by atoms with van der Waals surface area (Å²) < 4.78 is 39.2. The molecule has 12 aromatic rings. The second kappa shape index (κ2) is 122. The van der Waals surface area contributed by atoms with Gasteiger partial charge >= 0.3 is 0 Å². The molecule has 1 aliphatic rings. The van der Waals surface area contributed by atoms with Gasteiger partial charge in [0.05, 0.1) is 54.6 Å². The van der Waals surface area contributed by atoms with E-state index in [9.17, 15) is 0 Å². The zero-order chi connectivity index (χ0) is 84.0. The maximum absolute atomic E-state index is 4.72. The van der Waals surface area contributed by atoms with Gasteiger partial charge in [-0.2, -0.15) is 19.7 Å². The highest BCUT2D eigenvalue weighted by atomic mass is 32.1. The standard InChI is InChI=1S/C5H7N.C4H5N3.2C4H6N2.6C4H5NO.3C4H5NS.13C2H6/c1-5-2-3-6-4-5;1-4-5-2-3-6-7-4;2*1-4-2-3-5-6-4;1-4-2-6-3-5-4;1-4-2-5-3-6-4;1-4-2-5-6-3-4;1-4-5-2-3-6-4;1-4-2-3-6-5-4;1-4-2-3-5-6-4;1-4-2-5-6-3-4;1-4-2-3-6-5-4;1-4-2-3-5-6-4;13*1-2/h2,4H,3H2,1H3;2-3H,1H3;2*2-3H,1H3,(H,5,6);9*2-3H,1H3;13*1-2H3. The predicted octanol–water partition coefficient (Wildman–Crippen LogP) is 26.2. The third kappa shape index (κ3) is 119. The minimum Gasteiger partial charge on any atom is -0.452 e. The molecular weight excluding hydrogens is 1380 g/mol. The normalized spacial score (nSPS) is 7.93. The van der Waals surface area contributed by atoms with Crippen LogP contribution in [0.2, 0.25) is 0 Å². The first-order chi connectivity index (χ1) is 51.1. The SMILES string of the molecule is CC.CC.CC.CC.CC.CC.CC.CC.CC.CC.CC.CC.CC.CC1=CCN=C1.Cc1ccn[nH]1.Cc1ccn[nH]1.Cc1ccno1.Cc1ccns1.Cc1ccon1.Cc1ccsn1.Cc1cnco1.Cc1cnoc1.Cc1cnsc1.Cc1cocn1.Cc1nccnn1.Cc1ncco1. The molecule has 0 unspecified atom stereocenters. The Morgan fingerprint density at radius 1 is 0.438 bits per heavy atom. The van der Waals surface area contributed by atoms with Crippen molar-refractivity contribution in [2.24, 2.45) is 4.99 Å². The van der Waals surface area contributed by atoms with Crippen LogP contribution >= 0.6 is 34.6 Å². The number of hydrogen-bond acceptors (Lipinski definition) is 24. The molecule has 23 nitrogen and oxygen atoms in total. The Morgan fingerprint density at radius 2 is 1.02 bits per heavy atom. The number of oxazole rings is 3. The number of aryl methyl sites for hydroxylation is 12. The molecule has 0 bridgehead atoms. The summed E-state index contributed by atoms with van der Waals surface area (Å²) in [4.78, 5) is 20.2. The maximum atomic E-state index is 4.72. The van der Waals surface area contributed by atoms with Gasteiger partial charge in [0.15, 0.2) is 18.7 Å². The Kier molecular flexibility index (Phi) is 146. The van der Waals surface area contributed by atoms with Crippen LogP contribution in [0.1, 0.15) is 255 Å². The van der Waals surface area contributed by atoms with Crippen LogP contribution in [0.5, 0.6) is 0 Å². The Bertz CT molecular complexity index is 2420. The second-order valence-electron chi connectivity index (χ2n) is 15.3. The number of H-pyrrole nitrogens is 2. The molecule has 0 radical (unpaired) electrons. The van der Waals surface area contributed by atoms with Gasteiger partial charge < -0.3 is 26.8 Å². The molecule has 0 aromatic carbocycles. The van der Waals surface area contributed by atoms with E-state index in [0.717, 1.165) is 58.0 Å². The summed E-state index contributed by atoms with van der Waals surface area (Å²) in [5, 5.41) is 34.5. The van der Waals surface area contributed by atoms with Crippen molar-refractivity contribution in [1.29, 1.82) is 0 Å². The summed E-state index contributed by atoms with van der Waals surface area (Å²) in [5.41, 5.74) is 8.78. The van der Waals surface area contributed by atoms with Crippen molar-refractivity contribution in [1.82, 2.24) is 79.1 Å². The fraction of sp³-hybridized carbons (Fsp3) is 0.506. The molecule has 2 N–H and O–H groups in total. The lowest BCUT2D eigenvalue weighted by molar-refractivity contribution is 0.397.